The lowest BCUT2D eigenvalue weighted by molar-refractivity contribution is -0.141. The topological polar surface area (TPSA) is 133 Å². The molecule has 0 aromatic heterocycles. The van der Waals surface area contributed by atoms with E-state index >= 15 is 0 Å². The van der Waals surface area contributed by atoms with Gasteiger partial charge in [0, 0.05) is 18.5 Å². The fraction of sp³-hybridized carbons (Fsp3) is 0.722. The Morgan fingerprint density at radius 2 is 1.85 bits per heavy atom. The van der Waals surface area contributed by atoms with Gasteiger partial charge in [0.05, 0.1) is 12.6 Å². The molecule has 1 aliphatic carbocycles. The Morgan fingerprint density at radius 1 is 1.11 bits per heavy atom. The molecule has 0 aromatic rings. The maximum absolute atomic E-state index is 12.7. The number of carbonyl (C=O) groups excluding carboxylic acids is 5. The highest BCUT2D eigenvalue weighted by Crippen LogP contribution is 2.19. The van der Waals surface area contributed by atoms with Crippen LogP contribution in [0.5, 0.6) is 0 Å². The number of piperidine rings is 1. The van der Waals surface area contributed by atoms with E-state index in [-0.39, 0.29) is 24.9 Å². The lowest BCUT2D eigenvalue weighted by atomic mass is 9.89. The lowest BCUT2D eigenvalue weighted by Gasteiger charge is -2.27. The van der Waals surface area contributed by atoms with E-state index < -0.39 is 29.6 Å². The average molecular weight is 380 g/mol. The van der Waals surface area contributed by atoms with Gasteiger partial charge in [0.2, 0.25) is 24.0 Å². The molecular formula is C18H28N4O5. The van der Waals surface area contributed by atoms with Gasteiger partial charge in [-0.25, -0.2) is 0 Å². The fourth-order valence-electron chi connectivity index (χ4n) is 3.62. The van der Waals surface area contributed by atoms with Crippen molar-refractivity contribution in [2.24, 2.45) is 5.92 Å². The first kappa shape index (κ1) is 20.9. The van der Waals surface area contributed by atoms with Crippen LogP contribution in [0.4, 0.5) is 0 Å². The van der Waals surface area contributed by atoms with Crippen LogP contribution in [-0.2, 0) is 24.0 Å². The number of ketones is 1. The van der Waals surface area contributed by atoms with Gasteiger partial charge in [-0.05, 0) is 32.1 Å². The van der Waals surface area contributed by atoms with Gasteiger partial charge in [-0.3, -0.25) is 24.0 Å². The van der Waals surface area contributed by atoms with Crippen LogP contribution < -0.4 is 21.3 Å². The third-order valence-corrected chi connectivity index (χ3v) is 5.08. The Hall–Kier alpha value is -2.45. The van der Waals surface area contributed by atoms with E-state index in [1.807, 2.05) is 0 Å². The summed E-state index contributed by atoms with van der Waals surface area (Å²) in [7, 11) is 0. The van der Waals surface area contributed by atoms with E-state index in [2.05, 4.69) is 21.3 Å². The molecule has 2 fully saturated rings. The molecule has 9 nitrogen and oxygen atoms in total. The second kappa shape index (κ2) is 10.6. The average Bonchev–Trinajstić information content (AvgIpc) is 2.67. The summed E-state index contributed by atoms with van der Waals surface area (Å²) in [5, 5.41) is 10.2. The van der Waals surface area contributed by atoms with E-state index in [1.54, 1.807) is 0 Å². The molecule has 1 saturated heterocycles. The normalized spacial score (nSPS) is 21.5. The zero-order valence-electron chi connectivity index (χ0n) is 15.4. The summed E-state index contributed by atoms with van der Waals surface area (Å²) >= 11 is 0. The molecule has 4 N–H and O–H groups in total. The van der Waals surface area contributed by atoms with Crippen molar-refractivity contribution in [2.45, 2.75) is 63.5 Å². The number of amides is 4. The molecule has 27 heavy (non-hydrogen) atoms. The maximum atomic E-state index is 12.7. The van der Waals surface area contributed by atoms with Crippen molar-refractivity contribution in [2.75, 3.05) is 13.1 Å². The minimum atomic E-state index is -1.09. The van der Waals surface area contributed by atoms with Crippen LogP contribution in [0.3, 0.4) is 0 Å². The van der Waals surface area contributed by atoms with Crippen LogP contribution in [0.25, 0.3) is 0 Å². The maximum Gasteiger partial charge on any atom is 0.289 e. The third kappa shape index (κ3) is 6.65. The number of Topliss-reactive ketones (excluding diaryl/α,β-unsaturated/α-hetero) is 1. The monoisotopic (exact) mass is 380 g/mol. The summed E-state index contributed by atoms with van der Waals surface area (Å²) in [6.07, 6.45) is 6.65. The van der Waals surface area contributed by atoms with Crippen molar-refractivity contribution >= 4 is 29.9 Å². The standard InChI is InChI=1S/C18H28N4O5/c23-11-19-10-15(24)22-14(9-12-5-4-8-20-17(12)26)16(25)18(27)21-13-6-2-1-3-7-13/h11-14H,1-10H2,(H,19,23)(H,20,26)(H,21,27)(H,22,24)/t12?,14-/m0/s1. The summed E-state index contributed by atoms with van der Waals surface area (Å²) in [6.45, 7) is 0.292. The van der Waals surface area contributed by atoms with Crippen LogP contribution in [0, 0.1) is 5.92 Å². The van der Waals surface area contributed by atoms with Crippen LogP contribution in [0.2, 0.25) is 0 Å². The van der Waals surface area contributed by atoms with Gasteiger partial charge < -0.3 is 21.3 Å². The molecule has 0 radical (unpaired) electrons. The molecule has 1 aliphatic heterocycles. The minimum absolute atomic E-state index is 0.0266. The molecule has 1 saturated carbocycles. The summed E-state index contributed by atoms with van der Waals surface area (Å²) < 4.78 is 0. The Labute approximate surface area is 158 Å². The van der Waals surface area contributed by atoms with Crippen LogP contribution in [0.15, 0.2) is 0 Å². The zero-order valence-corrected chi connectivity index (χ0v) is 15.4. The highest BCUT2D eigenvalue weighted by molar-refractivity contribution is 6.38. The van der Waals surface area contributed by atoms with Crippen molar-refractivity contribution in [1.29, 1.82) is 0 Å². The smallest absolute Gasteiger partial charge is 0.289 e. The molecule has 4 amide bonds. The molecule has 150 valence electrons. The van der Waals surface area contributed by atoms with Crippen molar-refractivity contribution in [3.63, 3.8) is 0 Å². The van der Waals surface area contributed by atoms with E-state index in [4.69, 9.17) is 0 Å². The summed E-state index contributed by atoms with van der Waals surface area (Å²) in [5.74, 6) is -2.67. The number of rotatable bonds is 9. The summed E-state index contributed by atoms with van der Waals surface area (Å²) in [5.41, 5.74) is 0. The quantitative estimate of drug-likeness (QED) is 0.305. The molecule has 1 unspecified atom stereocenters. The van der Waals surface area contributed by atoms with Crippen molar-refractivity contribution in [1.82, 2.24) is 21.3 Å². The van der Waals surface area contributed by atoms with Gasteiger partial charge in [0.15, 0.2) is 0 Å². The molecular weight excluding hydrogens is 352 g/mol. The van der Waals surface area contributed by atoms with Gasteiger partial charge >= 0.3 is 0 Å². The first-order valence-electron chi connectivity index (χ1n) is 9.60. The predicted molar refractivity (Wildman–Crippen MR) is 96.4 cm³/mol. The molecule has 2 atom stereocenters. The van der Waals surface area contributed by atoms with Gasteiger partial charge in [0.1, 0.15) is 0 Å². The Kier molecular flexibility index (Phi) is 8.22. The first-order chi connectivity index (χ1) is 13.0. The van der Waals surface area contributed by atoms with Crippen molar-refractivity contribution in [3.05, 3.63) is 0 Å². The largest absolute Gasteiger partial charge is 0.356 e. The lowest BCUT2D eigenvalue weighted by Crippen LogP contribution is -2.53. The van der Waals surface area contributed by atoms with Crippen LogP contribution in [-0.4, -0.2) is 55.1 Å². The number of hydrogen-bond donors (Lipinski definition) is 4. The zero-order chi connectivity index (χ0) is 19.6. The summed E-state index contributed by atoms with van der Waals surface area (Å²) in [4.78, 5) is 59.3. The Morgan fingerprint density at radius 3 is 2.52 bits per heavy atom. The number of carbonyl (C=O) groups is 5. The van der Waals surface area contributed by atoms with E-state index in [0.29, 0.717) is 19.4 Å². The van der Waals surface area contributed by atoms with Crippen LogP contribution in [0.1, 0.15) is 51.4 Å². The molecule has 1 heterocycles. The second-order valence-electron chi connectivity index (χ2n) is 7.16. The van der Waals surface area contributed by atoms with Crippen LogP contribution >= 0.6 is 0 Å². The van der Waals surface area contributed by atoms with E-state index in [9.17, 15) is 24.0 Å². The van der Waals surface area contributed by atoms with Crippen molar-refractivity contribution < 1.29 is 24.0 Å². The third-order valence-electron chi connectivity index (χ3n) is 5.08. The number of hydrogen-bond acceptors (Lipinski definition) is 5. The minimum Gasteiger partial charge on any atom is -0.356 e. The van der Waals surface area contributed by atoms with Gasteiger partial charge in [-0.1, -0.05) is 19.3 Å². The number of nitrogens with one attached hydrogen (secondary N) is 4. The Bertz CT molecular complexity index is 574. The van der Waals surface area contributed by atoms with E-state index in [0.717, 1.165) is 38.5 Å². The van der Waals surface area contributed by atoms with E-state index in [1.165, 1.54) is 0 Å². The van der Waals surface area contributed by atoms with Crippen molar-refractivity contribution in [3.8, 4) is 0 Å². The van der Waals surface area contributed by atoms with Gasteiger partial charge in [-0.2, -0.15) is 0 Å². The predicted octanol–water partition coefficient (Wildman–Crippen LogP) is -0.848. The highest BCUT2D eigenvalue weighted by atomic mass is 16.2. The molecule has 0 spiro atoms. The summed E-state index contributed by atoms with van der Waals surface area (Å²) in [6, 6.07) is -1.12. The Balaban J connectivity index is 2.00. The molecule has 0 bridgehead atoms. The molecule has 2 aliphatic rings. The molecule has 2 rings (SSSR count). The highest BCUT2D eigenvalue weighted by Gasteiger charge is 2.33. The fourth-order valence-corrected chi connectivity index (χ4v) is 3.62. The van der Waals surface area contributed by atoms with Gasteiger partial charge in [-0.15, -0.1) is 0 Å². The SMILES string of the molecule is O=CNCC(=O)N[C@@H](CC1CCCNC1=O)C(=O)C(=O)NC1CCCCC1. The molecule has 0 aromatic carbocycles. The second-order valence-corrected chi connectivity index (χ2v) is 7.16. The van der Waals surface area contributed by atoms with Gasteiger partial charge in [0.25, 0.3) is 5.91 Å². The molecule has 9 heteroatoms. The first-order valence-corrected chi connectivity index (χ1v) is 9.60.